The van der Waals surface area contributed by atoms with Gasteiger partial charge in [0, 0.05) is 36.6 Å². The van der Waals surface area contributed by atoms with Crippen molar-refractivity contribution in [2.75, 3.05) is 13.1 Å². The molecule has 1 aromatic carbocycles. The quantitative estimate of drug-likeness (QED) is 0.742. The molecule has 3 aromatic rings. The Bertz CT molecular complexity index is 1050. The number of likely N-dealkylation sites (tertiary alicyclic amines) is 1. The van der Waals surface area contributed by atoms with Crippen LogP contribution in [0.5, 0.6) is 0 Å². The third-order valence-electron chi connectivity index (χ3n) is 5.18. The number of aromatic amines is 1. The van der Waals surface area contributed by atoms with Crippen LogP contribution in [0.25, 0.3) is 10.9 Å². The zero-order chi connectivity index (χ0) is 19.0. The summed E-state index contributed by atoms with van der Waals surface area (Å²) in [5, 5.41) is 10.8. The Morgan fingerprint density at radius 1 is 1.33 bits per heavy atom. The number of benzene rings is 1. The summed E-state index contributed by atoms with van der Waals surface area (Å²) in [4.78, 5) is 29.8. The number of hydrogen-bond donors (Lipinski definition) is 2. The van der Waals surface area contributed by atoms with Gasteiger partial charge in [-0.25, -0.2) is 4.79 Å². The van der Waals surface area contributed by atoms with E-state index in [2.05, 4.69) is 11.1 Å². The van der Waals surface area contributed by atoms with Crippen molar-refractivity contribution in [1.82, 2.24) is 9.88 Å². The molecule has 1 unspecified atom stereocenters. The molecule has 0 radical (unpaired) electrons. The van der Waals surface area contributed by atoms with Crippen LogP contribution >= 0.6 is 0 Å². The van der Waals surface area contributed by atoms with Crippen molar-refractivity contribution < 1.29 is 14.3 Å². The number of H-pyrrole nitrogens is 1. The fraction of sp³-hybridized carbons (Fsp3) is 0.333. The van der Waals surface area contributed by atoms with Crippen molar-refractivity contribution in [2.24, 2.45) is 0 Å². The lowest BCUT2D eigenvalue weighted by Crippen LogP contribution is -2.33. The summed E-state index contributed by atoms with van der Waals surface area (Å²) < 4.78 is 5.43. The lowest BCUT2D eigenvalue weighted by atomic mass is 10.1. The van der Waals surface area contributed by atoms with Crippen LogP contribution in [0.4, 0.5) is 0 Å². The van der Waals surface area contributed by atoms with Crippen LogP contribution in [0.2, 0.25) is 0 Å². The van der Waals surface area contributed by atoms with Gasteiger partial charge < -0.3 is 19.4 Å². The maximum Gasteiger partial charge on any atom is 0.349 e. The van der Waals surface area contributed by atoms with Gasteiger partial charge in [-0.2, -0.15) is 0 Å². The third-order valence-corrected chi connectivity index (χ3v) is 5.18. The normalized spacial score (nSPS) is 17.0. The molecule has 3 heterocycles. The van der Waals surface area contributed by atoms with Crippen molar-refractivity contribution in [2.45, 2.75) is 32.3 Å². The zero-order valence-electron chi connectivity index (χ0n) is 15.2. The van der Waals surface area contributed by atoms with Crippen LogP contribution in [0, 0.1) is 6.92 Å². The maximum atomic E-state index is 12.6. The molecular formula is C21H22N2O4. The molecule has 0 aliphatic carbocycles. The van der Waals surface area contributed by atoms with Gasteiger partial charge in [-0.15, -0.1) is 0 Å². The van der Waals surface area contributed by atoms with E-state index in [1.54, 1.807) is 13.0 Å². The summed E-state index contributed by atoms with van der Waals surface area (Å²) in [6, 6.07) is 9.85. The summed E-state index contributed by atoms with van der Waals surface area (Å²) in [6.07, 6.45) is 3.31. The number of hydrogen-bond acceptors (Lipinski definition) is 4. The highest BCUT2D eigenvalue weighted by molar-refractivity contribution is 5.95. The lowest BCUT2D eigenvalue weighted by Gasteiger charge is -2.16. The van der Waals surface area contributed by atoms with Crippen LogP contribution in [0.15, 0.2) is 45.7 Å². The number of aliphatic hydroxyl groups excluding tert-OH is 1. The number of para-hydroxylation sites is 1. The first kappa shape index (κ1) is 17.5. The second-order valence-electron chi connectivity index (χ2n) is 7.11. The van der Waals surface area contributed by atoms with E-state index in [0.717, 1.165) is 22.9 Å². The number of nitrogens with one attached hydrogen (secondary N) is 1. The molecule has 6 nitrogen and oxygen atoms in total. The van der Waals surface area contributed by atoms with E-state index >= 15 is 0 Å². The second-order valence-corrected chi connectivity index (χ2v) is 7.11. The number of fused-ring (bicyclic) bond motifs is 1. The van der Waals surface area contributed by atoms with E-state index < -0.39 is 11.7 Å². The fourth-order valence-corrected chi connectivity index (χ4v) is 3.73. The Hall–Kier alpha value is -2.86. The Kier molecular flexibility index (Phi) is 4.58. The van der Waals surface area contributed by atoms with Gasteiger partial charge in [0.25, 0.3) is 5.91 Å². The first-order valence-electron chi connectivity index (χ1n) is 9.19. The molecule has 0 spiro atoms. The molecule has 0 saturated carbocycles. The van der Waals surface area contributed by atoms with Crippen LogP contribution in [-0.2, 0) is 12.8 Å². The molecule has 2 N–H and O–H groups in total. The highest BCUT2D eigenvalue weighted by atomic mass is 16.4. The highest BCUT2D eigenvalue weighted by Gasteiger charge is 2.28. The molecule has 27 heavy (non-hydrogen) atoms. The standard InChI is InChI=1S/C21H22N2O4/c1-13-10-16(7-6-14-11-22-18-5-3-2-4-17(14)18)27-21(26)19(13)20(25)23-9-8-15(24)12-23/h2-5,10-11,15,22,24H,6-9,12H2,1H3. The first-order chi connectivity index (χ1) is 13.0. The average Bonchev–Trinajstić information content (AvgIpc) is 3.25. The van der Waals surface area contributed by atoms with E-state index in [1.807, 2.05) is 24.4 Å². The molecular weight excluding hydrogens is 344 g/mol. The van der Waals surface area contributed by atoms with Gasteiger partial charge in [-0.05, 0) is 43.0 Å². The van der Waals surface area contributed by atoms with Crippen LogP contribution in [0.3, 0.4) is 0 Å². The van der Waals surface area contributed by atoms with Crippen molar-refractivity contribution in [3.63, 3.8) is 0 Å². The second kappa shape index (κ2) is 7.04. The molecule has 0 bridgehead atoms. The van der Waals surface area contributed by atoms with Crippen molar-refractivity contribution >= 4 is 16.8 Å². The van der Waals surface area contributed by atoms with E-state index in [1.165, 1.54) is 4.90 Å². The number of rotatable bonds is 4. The molecule has 2 aromatic heterocycles. The molecule has 4 rings (SSSR count). The molecule has 1 fully saturated rings. The lowest BCUT2D eigenvalue weighted by molar-refractivity contribution is 0.0759. The average molecular weight is 366 g/mol. The van der Waals surface area contributed by atoms with Gasteiger partial charge >= 0.3 is 5.63 Å². The summed E-state index contributed by atoms with van der Waals surface area (Å²) in [6.45, 7) is 2.48. The van der Waals surface area contributed by atoms with Crippen LogP contribution in [0.1, 0.15) is 33.7 Å². The molecule has 1 aliphatic rings. The Labute approximate surface area is 156 Å². The molecule has 1 amide bonds. The van der Waals surface area contributed by atoms with E-state index in [9.17, 15) is 14.7 Å². The van der Waals surface area contributed by atoms with E-state index in [0.29, 0.717) is 30.7 Å². The molecule has 6 heteroatoms. The van der Waals surface area contributed by atoms with Gasteiger partial charge in [0.1, 0.15) is 11.3 Å². The zero-order valence-corrected chi connectivity index (χ0v) is 15.2. The topological polar surface area (TPSA) is 86.5 Å². The molecule has 1 atom stereocenters. The van der Waals surface area contributed by atoms with Gasteiger partial charge in [-0.3, -0.25) is 4.79 Å². The van der Waals surface area contributed by atoms with Gasteiger partial charge in [0.15, 0.2) is 0 Å². The highest BCUT2D eigenvalue weighted by Crippen LogP contribution is 2.20. The van der Waals surface area contributed by atoms with Gasteiger partial charge in [-0.1, -0.05) is 18.2 Å². The monoisotopic (exact) mass is 366 g/mol. The number of carbonyl (C=O) groups excluding carboxylic acids is 1. The minimum atomic E-state index is -0.602. The largest absolute Gasteiger partial charge is 0.427 e. The van der Waals surface area contributed by atoms with Gasteiger partial charge in [0.2, 0.25) is 0 Å². The Morgan fingerprint density at radius 3 is 2.89 bits per heavy atom. The smallest absolute Gasteiger partial charge is 0.349 e. The van der Waals surface area contributed by atoms with Gasteiger partial charge in [0.05, 0.1) is 6.10 Å². The van der Waals surface area contributed by atoms with Crippen LogP contribution in [-0.4, -0.2) is 40.1 Å². The third kappa shape index (κ3) is 3.40. The van der Waals surface area contributed by atoms with E-state index in [-0.39, 0.29) is 18.0 Å². The minimum Gasteiger partial charge on any atom is -0.427 e. The number of aromatic nitrogens is 1. The molecule has 1 aliphatic heterocycles. The Balaban J connectivity index is 1.53. The summed E-state index contributed by atoms with van der Waals surface area (Å²) in [5.41, 5.74) is 2.33. The first-order valence-corrected chi connectivity index (χ1v) is 9.19. The SMILES string of the molecule is Cc1cc(CCc2c[nH]c3ccccc23)oc(=O)c1C(=O)N1CCC(O)C1. The molecule has 1 saturated heterocycles. The predicted octanol–water partition coefficient (Wildman–Crippen LogP) is 2.42. The van der Waals surface area contributed by atoms with Crippen molar-refractivity contribution in [1.29, 1.82) is 0 Å². The van der Waals surface area contributed by atoms with Crippen LogP contribution < -0.4 is 5.63 Å². The summed E-state index contributed by atoms with van der Waals surface area (Å²) in [7, 11) is 0. The predicted molar refractivity (Wildman–Crippen MR) is 102 cm³/mol. The summed E-state index contributed by atoms with van der Waals surface area (Å²) in [5.74, 6) is 0.210. The molecule has 140 valence electrons. The number of β-amino-alcohol motifs (C(OH)–C–C–N with tert-alkyl or cyclic N) is 1. The number of carbonyl (C=O) groups is 1. The maximum absolute atomic E-state index is 12.6. The van der Waals surface area contributed by atoms with Crippen molar-refractivity contribution in [3.8, 4) is 0 Å². The number of amides is 1. The number of nitrogens with zero attached hydrogens (tertiary/aromatic N) is 1. The Morgan fingerprint density at radius 2 is 2.15 bits per heavy atom. The van der Waals surface area contributed by atoms with E-state index in [4.69, 9.17) is 4.42 Å². The minimum absolute atomic E-state index is 0.0694. The number of aliphatic hydroxyl groups is 1. The van der Waals surface area contributed by atoms with Crippen molar-refractivity contribution in [3.05, 3.63) is 69.4 Å². The number of aryl methyl sites for hydroxylation is 3. The summed E-state index contributed by atoms with van der Waals surface area (Å²) >= 11 is 0. The fourth-order valence-electron chi connectivity index (χ4n) is 3.73.